The zero-order valence-corrected chi connectivity index (χ0v) is 10.1. The minimum Gasteiger partial charge on any atom is -0.367 e. The predicted octanol–water partition coefficient (Wildman–Crippen LogP) is 2.96. The summed E-state index contributed by atoms with van der Waals surface area (Å²) in [6, 6.07) is 9.40. The molecule has 0 atom stereocenters. The number of benzene rings is 1. The Kier molecular flexibility index (Phi) is 3.41. The Morgan fingerprint density at radius 1 is 1.25 bits per heavy atom. The van der Waals surface area contributed by atoms with Gasteiger partial charge >= 0.3 is 0 Å². The Morgan fingerprint density at radius 3 is 2.62 bits per heavy atom. The van der Waals surface area contributed by atoms with Gasteiger partial charge in [-0.1, -0.05) is 15.9 Å². The highest BCUT2D eigenvalue weighted by molar-refractivity contribution is 9.10. The van der Waals surface area contributed by atoms with Gasteiger partial charge in [0, 0.05) is 22.6 Å². The predicted molar refractivity (Wildman–Crippen MR) is 67.3 cm³/mol. The SMILES string of the molecule is O=C(Cc1cc[nH]c1)Nc1ccc(Br)cc1. The highest BCUT2D eigenvalue weighted by Gasteiger charge is 2.03. The third kappa shape index (κ3) is 2.97. The van der Waals surface area contributed by atoms with Crippen molar-refractivity contribution >= 4 is 27.5 Å². The summed E-state index contributed by atoms with van der Waals surface area (Å²) in [5.41, 5.74) is 1.79. The van der Waals surface area contributed by atoms with Crippen molar-refractivity contribution in [2.45, 2.75) is 6.42 Å². The van der Waals surface area contributed by atoms with E-state index in [0.29, 0.717) is 6.42 Å². The van der Waals surface area contributed by atoms with E-state index in [1.165, 1.54) is 0 Å². The zero-order chi connectivity index (χ0) is 11.4. The van der Waals surface area contributed by atoms with Gasteiger partial charge in [0.1, 0.15) is 0 Å². The third-order valence-corrected chi connectivity index (χ3v) is 2.68. The Labute approximate surface area is 102 Å². The molecule has 4 heteroatoms. The van der Waals surface area contributed by atoms with Gasteiger partial charge < -0.3 is 10.3 Å². The van der Waals surface area contributed by atoms with Crippen molar-refractivity contribution in [2.75, 3.05) is 5.32 Å². The molecule has 2 rings (SSSR count). The summed E-state index contributed by atoms with van der Waals surface area (Å²) in [5.74, 6) is -0.0121. The van der Waals surface area contributed by atoms with Crippen molar-refractivity contribution in [3.05, 3.63) is 52.8 Å². The lowest BCUT2D eigenvalue weighted by Crippen LogP contribution is -2.13. The summed E-state index contributed by atoms with van der Waals surface area (Å²) < 4.78 is 0.996. The van der Waals surface area contributed by atoms with E-state index in [1.807, 2.05) is 42.7 Å². The smallest absolute Gasteiger partial charge is 0.228 e. The maximum absolute atomic E-state index is 11.6. The minimum absolute atomic E-state index is 0.0121. The molecule has 0 aliphatic rings. The van der Waals surface area contributed by atoms with Crippen LogP contribution in [-0.2, 0) is 11.2 Å². The molecule has 0 radical (unpaired) electrons. The number of carbonyl (C=O) groups is 1. The molecule has 0 aliphatic carbocycles. The van der Waals surface area contributed by atoms with Gasteiger partial charge in [0.2, 0.25) is 5.91 Å². The number of H-pyrrole nitrogens is 1. The van der Waals surface area contributed by atoms with E-state index in [2.05, 4.69) is 26.2 Å². The molecule has 0 aliphatic heterocycles. The van der Waals surface area contributed by atoms with Crippen LogP contribution >= 0.6 is 15.9 Å². The first-order chi connectivity index (χ1) is 7.74. The topological polar surface area (TPSA) is 44.9 Å². The van der Waals surface area contributed by atoms with Crippen LogP contribution in [-0.4, -0.2) is 10.9 Å². The number of carbonyl (C=O) groups excluding carboxylic acids is 1. The molecule has 1 aromatic heterocycles. The fourth-order valence-electron chi connectivity index (χ4n) is 1.39. The van der Waals surface area contributed by atoms with Crippen LogP contribution in [0.4, 0.5) is 5.69 Å². The van der Waals surface area contributed by atoms with Crippen LogP contribution in [0.1, 0.15) is 5.56 Å². The van der Waals surface area contributed by atoms with Gasteiger partial charge in [0.15, 0.2) is 0 Å². The molecule has 82 valence electrons. The summed E-state index contributed by atoms with van der Waals surface area (Å²) >= 11 is 3.34. The van der Waals surface area contributed by atoms with Crippen molar-refractivity contribution in [3.63, 3.8) is 0 Å². The van der Waals surface area contributed by atoms with Gasteiger partial charge in [-0.15, -0.1) is 0 Å². The molecule has 0 fully saturated rings. The second-order valence-electron chi connectivity index (χ2n) is 3.45. The number of aromatic nitrogens is 1. The van der Waals surface area contributed by atoms with Crippen LogP contribution in [0.25, 0.3) is 0 Å². The van der Waals surface area contributed by atoms with Crippen molar-refractivity contribution in [1.82, 2.24) is 4.98 Å². The molecule has 3 nitrogen and oxygen atoms in total. The van der Waals surface area contributed by atoms with Crippen molar-refractivity contribution in [3.8, 4) is 0 Å². The summed E-state index contributed by atoms with van der Waals surface area (Å²) in [7, 11) is 0. The van der Waals surface area contributed by atoms with Gasteiger partial charge in [-0.3, -0.25) is 4.79 Å². The summed E-state index contributed by atoms with van der Waals surface area (Å²) in [6.07, 6.45) is 4.02. The van der Waals surface area contributed by atoms with E-state index in [4.69, 9.17) is 0 Å². The van der Waals surface area contributed by atoms with E-state index < -0.39 is 0 Å². The van der Waals surface area contributed by atoms with Gasteiger partial charge in [-0.2, -0.15) is 0 Å². The summed E-state index contributed by atoms with van der Waals surface area (Å²) in [4.78, 5) is 14.5. The quantitative estimate of drug-likeness (QED) is 0.891. The number of hydrogen-bond acceptors (Lipinski definition) is 1. The second kappa shape index (κ2) is 4.99. The monoisotopic (exact) mass is 278 g/mol. The van der Waals surface area contributed by atoms with E-state index in [9.17, 15) is 4.79 Å². The average Bonchev–Trinajstić information content (AvgIpc) is 2.74. The Morgan fingerprint density at radius 2 is 2.00 bits per heavy atom. The number of anilines is 1. The molecular formula is C12H11BrN2O. The fourth-order valence-corrected chi connectivity index (χ4v) is 1.66. The van der Waals surface area contributed by atoms with E-state index in [0.717, 1.165) is 15.7 Å². The molecule has 2 aromatic rings. The molecule has 0 saturated carbocycles. The fraction of sp³-hybridized carbons (Fsp3) is 0.0833. The van der Waals surface area contributed by atoms with Crippen LogP contribution < -0.4 is 5.32 Å². The summed E-state index contributed by atoms with van der Waals surface area (Å²) in [5, 5.41) is 2.83. The molecule has 1 aromatic carbocycles. The van der Waals surface area contributed by atoms with E-state index >= 15 is 0 Å². The van der Waals surface area contributed by atoms with E-state index in [-0.39, 0.29) is 5.91 Å². The van der Waals surface area contributed by atoms with Crippen LogP contribution in [0.15, 0.2) is 47.2 Å². The number of amides is 1. The molecule has 1 heterocycles. The van der Waals surface area contributed by atoms with Gasteiger partial charge in [-0.05, 0) is 35.9 Å². The number of nitrogens with one attached hydrogen (secondary N) is 2. The molecular weight excluding hydrogens is 268 g/mol. The van der Waals surface area contributed by atoms with Crippen LogP contribution in [0.5, 0.6) is 0 Å². The first kappa shape index (κ1) is 11.0. The minimum atomic E-state index is -0.0121. The van der Waals surface area contributed by atoms with Crippen LogP contribution in [0.3, 0.4) is 0 Å². The lowest BCUT2D eigenvalue weighted by molar-refractivity contribution is -0.115. The standard InChI is InChI=1S/C12H11BrN2O/c13-10-1-3-11(4-2-10)15-12(16)7-9-5-6-14-8-9/h1-6,8,14H,7H2,(H,15,16). The normalized spacial score (nSPS) is 10.1. The molecule has 0 spiro atoms. The second-order valence-corrected chi connectivity index (χ2v) is 4.37. The Bertz CT molecular complexity index is 462. The number of rotatable bonds is 3. The van der Waals surface area contributed by atoms with Crippen molar-refractivity contribution in [2.24, 2.45) is 0 Å². The maximum Gasteiger partial charge on any atom is 0.228 e. The molecule has 1 amide bonds. The number of halogens is 1. The molecule has 2 N–H and O–H groups in total. The highest BCUT2D eigenvalue weighted by Crippen LogP contribution is 2.14. The average molecular weight is 279 g/mol. The first-order valence-corrected chi connectivity index (χ1v) is 5.70. The lowest BCUT2D eigenvalue weighted by atomic mass is 10.2. The molecule has 16 heavy (non-hydrogen) atoms. The molecule has 0 unspecified atom stereocenters. The molecule has 0 saturated heterocycles. The lowest BCUT2D eigenvalue weighted by Gasteiger charge is -2.04. The summed E-state index contributed by atoms with van der Waals surface area (Å²) in [6.45, 7) is 0. The van der Waals surface area contributed by atoms with Crippen LogP contribution in [0, 0.1) is 0 Å². The highest BCUT2D eigenvalue weighted by atomic mass is 79.9. The van der Waals surface area contributed by atoms with E-state index in [1.54, 1.807) is 0 Å². The van der Waals surface area contributed by atoms with Crippen molar-refractivity contribution in [1.29, 1.82) is 0 Å². The molecule has 0 bridgehead atoms. The Hall–Kier alpha value is -1.55. The largest absolute Gasteiger partial charge is 0.367 e. The van der Waals surface area contributed by atoms with Gasteiger partial charge in [-0.25, -0.2) is 0 Å². The Balaban J connectivity index is 1.95. The maximum atomic E-state index is 11.6. The first-order valence-electron chi connectivity index (χ1n) is 4.91. The van der Waals surface area contributed by atoms with Gasteiger partial charge in [0.25, 0.3) is 0 Å². The third-order valence-electron chi connectivity index (χ3n) is 2.16. The zero-order valence-electron chi connectivity index (χ0n) is 8.53. The van der Waals surface area contributed by atoms with Gasteiger partial charge in [0.05, 0.1) is 6.42 Å². The number of aromatic amines is 1. The van der Waals surface area contributed by atoms with Crippen LogP contribution in [0.2, 0.25) is 0 Å². The number of hydrogen-bond donors (Lipinski definition) is 2. The van der Waals surface area contributed by atoms with Crippen molar-refractivity contribution < 1.29 is 4.79 Å².